The zero-order chi connectivity index (χ0) is 20.1. The summed E-state index contributed by atoms with van der Waals surface area (Å²) >= 11 is 0. The molecule has 0 spiro atoms. The Hall–Kier alpha value is -2.96. The first-order valence-corrected chi connectivity index (χ1v) is 9.27. The summed E-state index contributed by atoms with van der Waals surface area (Å²) in [6.07, 6.45) is 1.20. The van der Waals surface area contributed by atoms with Crippen LogP contribution in [0.5, 0.6) is 0 Å². The molecule has 0 bridgehead atoms. The summed E-state index contributed by atoms with van der Waals surface area (Å²) in [6.45, 7) is 2.89. The first kappa shape index (κ1) is 19.8. The molecule has 1 heterocycles. The minimum Gasteiger partial charge on any atom is -0.338 e. The van der Waals surface area contributed by atoms with Gasteiger partial charge >= 0.3 is 6.03 Å². The van der Waals surface area contributed by atoms with E-state index in [-0.39, 0.29) is 29.4 Å². The largest absolute Gasteiger partial charge is 0.338 e. The van der Waals surface area contributed by atoms with Crippen LogP contribution >= 0.6 is 0 Å². The zero-order valence-electron chi connectivity index (χ0n) is 15.7. The summed E-state index contributed by atoms with van der Waals surface area (Å²) in [7, 11) is 0. The lowest BCUT2D eigenvalue weighted by Crippen LogP contribution is -2.49. The number of carbonyl (C=O) groups is 2. The van der Waals surface area contributed by atoms with Crippen LogP contribution in [0.1, 0.15) is 34.3 Å². The Bertz CT molecular complexity index is 864. The molecule has 0 aliphatic carbocycles. The van der Waals surface area contributed by atoms with E-state index in [0.717, 1.165) is 5.56 Å². The van der Waals surface area contributed by atoms with Gasteiger partial charge in [0.25, 0.3) is 5.91 Å². The minimum absolute atomic E-state index is 0.0559. The summed E-state index contributed by atoms with van der Waals surface area (Å²) in [5.41, 5.74) is 1.42. The second-order valence-electron chi connectivity index (χ2n) is 6.96. The van der Waals surface area contributed by atoms with Crippen molar-refractivity contribution in [1.82, 2.24) is 15.5 Å². The highest BCUT2D eigenvalue weighted by Gasteiger charge is 2.25. The molecule has 3 rings (SSSR count). The van der Waals surface area contributed by atoms with Crippen LogP contribution in [0.15, 0.2) is 42.5 Å². The third-order valence-electron chi connectivity index (χ3n) is 4.90. The number of aryl methyl sites for hydroxylation is 1. The number of amides is 3. The molecule has 0 atom stereocenters. The van der Waals surface area contributed by atoms with Crippen molar-refractivity contribution in [2.24, 2.45) is 0 Å². The van der Waals surface area contributed by atoms with E-state index in [0.29, 0.717) is 38.0 Å². The molecule has 5 nitrogen and oxygen atoms in total. The van der Waals surface area contributed by atoms with Gasteiger partial charge in [-0.15, -0.1) is 0 Å². The Morgan fingerprint density at radius 2 is 1.79 bits per heavy atom. The molecule has 1 fully saturated rings. The van der Waals surface area contributed by atoms with Crippen LogP contribution in [0.25, 0.3) is 0 Å². The van der Waals surface area contributed by atoms with E-state index in [1.807, 2.05) is 0 Å². The first-order valence-electron chi connectivity index (χ1n) is 9.27. The predicted molar refractivity (Wildman–Crippen MR) is 102 cm³/mol. The Morgan fingerprint density at radius 1 is 1.07 bits per heavy atom. The molecule has 2 aromatic carbocycles. The van der Waals surface area contributed by atoms with Crippen LogP contribution in [0.4, 0.5) is 13.6 Å². The van der Waals surface area contributed by atoms with Gasteiger partial charge in [-0.3, -0.25) is 4.79 Å². The van der Waals surface area contributed by atoms with E-state index in [2.05, 4.69) is 10.6 Å². The van der Waals surface area contributed by atoms with Crippen molar-refractivity contribution in [2.75, 3.05) is 13.1 Å². The second-order valence-corrected chi connectivity index (χ2v) is 6.96. The molecule has 2 N–H and O–H groups in total. The summed E-state index contributed by atoms with van der Waals surface area (Å²) < 4.78 is 27.1. The van der Waals surface area contributed by atoms with Gasteiger partial charge in [0.15, 0.2) is 0 Å². The van der Waals surface area contributed by atoms with Crippen LogP contribution < -0.4 is 10.6 Å². The third-order valence-corrected chi connectivity index (χ3v) is 4.90. The predicted octanol–water partition coefficient (Wildman–Crippen LogP) is 3.38. The molecule has 0 saturated carbocycles. The number of likely N-dealkylation sites (tertiary alicyclic amines) is 1. The second kappa shape index (κ2) is 8.82. The van der Waals surface area contributed by atoms with E-state index in [4.69, 9.17) is 0 Å². The molecule has 0 aromatic heterocycles. The molecule has 148 valence electrons. The SMILES string of the molecule is Cc1cc(CNC(=O)NC2CCN(C(=O)c3ccccc3F)CC2)ccc1F. The van der Waals surface area contributed by atoms with E-state index in [1.165, 1.54) is 18.2 Å². The highest BCUT2D eigenvalue weighted by atomic mass is 19.1. The Morgan fingerprint density at radius 3 is 2.46 bits per heavy atom. The van der Waals surface area contributed by atoms with Crippen molar-refractivity contribution >= 4 is 11.9 Å². The van der Waals surface area contributed by atoms with Gasteiger partial charge in [-0.25, -0.2) is 13.6 Å². The number of urea groups is 1. The van der Waals surface area contributed by atoms with Crippen molar-refractivity contribution in [2.45, 2.75) is 32.4 Å². The fourth-order valence-corrected chi connectivity index (χ4v) is 3.27. The van der Waals surface area contributed by atoms with Gasteiger partial charge < -0.3 is 15.5 Å². The maximum atomic E-state index is 13.8. The summed E-state index contributed by atoms with van der Waals surface area (Å²) in [5.74, 6) is -1.12. The van der Waals surface area contributed by atoms with Crippen LogP contribution in [0.3, 0.4) is 0 Å². The molecule has 1 saturated heterocycles. The van der Waals surface area contributed by atoms with Crippen molar-refractivity contribution in [3.05, 3.63) is 70.8 Å². The maximum absolute atomic E-state index is 13.8. The smallest absolute Gasteiger partial charge is 0.315 e. The molecule has 0 radical (unpaired) electrons. The lowest BCUT2D eigenvalue weighted by atomic mass is 10.0. The number of benzene rings is 2. The standard InChI is InChI=1S/C21H23F2N3O2/c1-14-12-15(6-7-18(14)22)13-24-21(28)25-16-8-10-26(11-9-16)20(27)17-4-2-3-5-19(17)23/h2-7,12,16H,8-11,13H2,1H3,(H2,24,25,28). The van der Waals surface area contributed by atoms with Gasteiger partial charge in [-0.1, -0.05) is 24.3 Å². The molecule has 3 amide bonds. The lowest BCUT2D eigenvalue weighted by Gasteiger charge is -2.32. The van der Waals surface area contributed by atoms with Crippen LogP contribution in [-0.4, -0.2) is 36.0 Å². The average molecular weight is 387 g/mol. The van der Waals surface area contributed by atoms with E-state index < -0.39 is 5.82 Å². The number of hydrogen-bond acceptors (Lipinski definition) is 2. The topological polar surface area (TPSA) is 61.4 Å². The maximum Gasteiger partial charge on any atom is 0.315 e. The number of carbonyl (C=O) groups excluding carboxylic acids is 2. The molecule has 7 heteroatoms. The summed E-state index contributed by atoms with van der Waals surface area (Å²) in [6, 6.07) is 10.3. The van der Waals surface area contributed by atoms with Crippen molar-refractivity contribution < 1.29 is 18.4 Å². The molecule has 0 unspecified atom stereocenters. The number of halogens is 2. The van der Waals surface area contributed by atoms with Gasteiger partial charge in [0, 0.05) is 25.7 Å². The molecular formula is C21H23F2N3O2. The highest BCUT2D eigenvalue weighted by molar-refractivity contribution is 5.94. The Labute approximate surface area is 162 Å². The monoisotopic (exact) mass is 387 g/mol. The molecule has 2 aromatic rings. The van der Waals surface area contributed by atoms with Crippen LogP contribution in [-0.2, 0) is 6.54 Å². The van der Waals surface area contributed by atoms with Gasteiger partial charge in [0.1, 0.15) is 11.6 Å². The first-order chi connectivity index (χ1) is 13.4. The number of hydrogen-bond donors (Lipinski definition) is 2. The average Bonchev–Trinajstić information content (AvgIpc) is 2.69. The summed E-state index contributed by atoms with van der Waals surface area (Å²) in [4.78, 5) is 26.1. The minimum atomic E-state index is -0.525. The molecule has 1 aliphatic rings. The normalized spacial score (nSPS) is 14.6. The molecule has 1 aliphatic heterocycles. The van der Waals surface area contributed by atoms with E-state index in [1.54, 1.807) is 36.1 Å². The zero-order valence-corrected chi connectivity index (χ0v) is 15.7. The van der Waals surface area contributed by atoms with Gasteiger partial charge in [0.05, 0.1) is 5.56 Å². The number of nitrogens with zero attached hydrogens (tertiary/aromatic N) is 1. The third kappa shape index (κ3) is 4.85. The van der Waals surface area contributed by atoms with Crippen LogP contribution in [0, 0.1) is 18.6 Å². The quantitative estimate of drug-likeness (QED) is 0.845. The Balaban J connectivity index is 1.45. The van der Waals surface area contributed by atoms with Crippen molar-refractivity contribution in [3.63, 3.8) is 0 Å². The number of rotatable bonds is 4. The lowest BCUT2D eigenvalue weighted by molar-refractivity contribution is 0.0703. The summed E-state index contributed by atoms with van der Waals surface area (Å²) in [5, 5.41) is 5.65. The fraction of sp³-hybridized carbons (Fsp3) is 0.333. The molecule has 28 heavy (non-hydrogen) atoms. The van der Waals surface area contributed by atoms with Gasteiger partial charge in [-0.2, -0.15) is 0 Å². The van der Waals surface area contributed by atoms with E-state index >= 15 is 0 Å². The number of piperidine rings is 1. The fourth-order valence-electron chi connectivity index (χ4n) is 3.27. The van der Waals surface area contributed by atoms with E-state index in [9.17, 15) is 18.4 Å². The van der Waals surface area contributed by atoms with Crippen LogP contribution in [0.2, 0.25) is 0 Å². The highest BCUT2D eigenvalue weighted by Crippen LogP contribution is 2.16. The van der Waals surface area contributed by atoms with Gasteiger partial charge in [0.2, 0.25) is 0 Å². The van der Waals surface area contributed by atoms with Crippen molar-refractivity contribution in [1.29, 1.82) is 0 Å². The van der Waals surface area contributed by atoms with Crippen molar-refractivity contribution in [3.8, 4) is 0 Å². The Kier molecular flexibility index (Phi) is 6.23. The van der Waals surface area contributed by atoms with Gasteiger partial charge in [-0.05, 0) is 49.1 Å². The molecular weight excluding hydrogens is 364 g/mol. The number of nitrogens with one attached hydrogen (secondary N) is 2.